The van der Waals surface area contributed by atoms with E-state index < -0.39 is 23.9 Å². The van der Waals surface area contributed by atoms with Gasteiger partial charge in [0.15, 0.2) is 0 Å². The number of benzene rings is 1. The van der Waals surface area contributed by atoms with Crippen LogP contribution in [0, 0.1) is 5.92 Å². The van der Waals surface area contributed by atoms with Crippen molar-refractivity contribution in [3.63, 3.8) is 0 Å². The van der Waals surface area contributed by atoms with Gasteiger partial charge in [-0.05, 0) is 45.0 Å². The smallest absolute Gasteiger partial charge is 0.338 e. The Kier molecular flexibility index (Phi) is 5.90. The fourth-order valence-corrected chi connectivity index (χ4v) is 2.87. The fourth-order valence-electron chi connectivity index (χ4n) is 2.87. The molecule has 0 aromatic heterocycles. The summed E-state index contributed by atoms with van der Waals surface area (Å²) in [5.74, 6) is -2.39. The molecule has 1 saturated heterocycles. The van der Waals surface area contributed by atoms with Crippen LogP contribution in [-0.2, 0) is 23.9 Å². The van der Waals surface area contributed by atoms with Crippen LogP contribution in [-0.4, -0.2) is 42.9 Å². The first-order valence-electron chi connectivity index (χ1n) is 8.17. The third-order valence-corrected chi connectivity index (χ3v) is 4.03. The molecule has 1 aromatic rings. The van der Waals surface area contributed by atoms with Crippen molar-refractivity contribution in [2.45, 2.75) is 33.2 Å². The normalized spacial score (nSPS) is 19.6. The maximum absolute atomic E-state index is 12.4. The van der Waals surface area contributed by atoms with Crippen molar-refractivity contribution in [1.82, 2.24) is 0 Å². The van der Waals surface area contributed by atoms with Crippen LogP contribution >= 0.6 is 0 Å². The number of carbonyl (C=O) groups is 4. The zero-order valence-corrected chi connectivity index (χ0v) is 14.5. The molecule has 0 spiro atoms. The SMILES string of the molecule is CCOC(=O)c1ccc(N2C(=O)CC(C(C)=O)C2C(=O)OCC)cc1. The molecule has 2 unspecified atom stereocenters. The van der Waals surface area contributed by atoms with E-state index >= 15 is 0 Å². The van der Waals surface area contributed by atoms with E-state index in [1.807, 2.05) is 0 Å². The maximum Gasteiger partial charge on any atom is 0.338 e. The van der Waals surface area contributed by atoms with E-state index in [2.05, 4.69) is 0 Å². The predicted octanol–water partition coefficient (Wildman–Crippen LogP) is 1.74. The molecule has 2 rings (SSSR count). The molecule has 0 saturated carbocycles. The van der Waals surface area contributed by atoms with Gasteiger partial charge in [0.2, 0.25) is 5.91 Å². The van der Waals surface area contributed by atoms with Crippen LogP contribution in [0.5, 0.6) is 0 Å². The molecule has 0 aliphatic carbocycles. The highest BCUT2D eigenvalue weighted by molar-refractivity contribution is 6.08. The molecule has 1 fully saturated rings. The number of rotatable bonds is 6. The Balaban J connectivity index is 2.33. The van der Waals surface area contributed by atoms with E-state index in [-0.39, 0.29) is 31.3 Å². The molecule has 7 nitrogen and oxygen atoms in total. The Morgan fingerprint density at radius 2 is 1.68 bits per heavy atom. The van der Waals surface area contributed by atoms with E-state index in [1.54, 1.807) is 26.0 Å². The van der Waals surface area contributed by atoms with E-state index in [1.165, 1.54) is 24.0 Å². The standard InChI is InChI=1S/C18H21NO6/c1-4-24-17(22)12-6-8-13(9-7-12)19-15(21)10-14(11(3)20)16(19)18(23)25-5-2/h6-9,14,16H,4-5,10H2,1-3H3. The second kappa shape index (κ2) is 7.92. The third kappa shape index (κ3) is 3.87. The highest BCUT2D eigenvalue weighted by Crippen LogP contribution is 2.32. The zero-order chi connectivity index (χ0) is 18.6. The van der Waals surface area contributed by atoms with Gasteiger partial charge in [-0.2, -0.15) is 0 Å². The molecular weight excluding hydrogens is 326 g/mol. The van der Waals surface area contributed by atoms with Gasteiger partial charge in [0.25, 0.3) is 0 Å². The second-order valence-corrected chi connectivity index (χ2v) is 5.65. The molecular formula is C18H21NO6. The lowest BCUT2D eigenvalue weighted by atomic mass is 9.96. The molecule has 0 bridgehead atoms. The van der Waals surface area contributed by atoms with Crippen LogP contribution in [0.25, 0.3) is 0 Å². The molecule has 1 aromatic carbocycles. The van der Waals surface area contributed by atoms with Crippen molar-refractivity contribution in [3.05, 3.63) is 29.8 Å². The van der Waals surface area contributed by atoms with Crippen molar-refractivity contribution in [1.29, 1.82) is 0 Å². The summed E-state index contributed by atoms with van der Waals surface area (Å²) in [4.78, 5) is 49.6. The summed E-state index contributed by atoms with van der Waals surface area (Å²) in [6.07, 6.45) is -0.0432. The summed E-state index contributed by atoms with van der Waals surface area (Å²) >= 11 is 0. The van der Waals surface area contributed by atoms with Crippen molar-refractivity contribution in [2.24, 2.45) is 5.92 Å². The average Bonchev–Trinajstić information content (AvgIpc) is 2.93. The first-order valence-corrected chi connectivity index (χ1v) is 8.17. The molecule has 1 aliphatic heterocycles. The number of ketones is 1. The van der Waals surface area contributed by atoms with Crippen molar-refractivity contribution >= 4 is 29.3 Å². The Morgan fingerprint density at radius 1 is 1.08 bits per heavy atom. The van der Waals surface area contributed by atoms with Gasteiger partial charge in [-0.25, -0.2) is 9.59 Å². The van der Waals surface area contributed by atoms with Crippen LogP contribution in [0.2, 0.25) is 0 Å². The minimum absolute atomic E-state index is 0.0432. The van der Waals surface area contributed by atoms with Crippen LogP contribution in [0.15, 0.2) is 24.3 Å². The minimum atomic E-state index is -0.988. The number of Topliss-reactive ketones (excluding diaryl/α,β-unsaturated/α-hetero) is 1. The van der Waals surface area contributed by atoms with Crippen LogP contribution in [0.1, 0.15) is 37.6 Å². The van der Waals surface area contributed by atoms with Gasteiger partial charge in [-0.15, -0.1) is 0 Å². The summed E-state index contributed by atoms with van der Waals surface area (Å²) < 4.78 is 9.96. The van der Waals surface area contributed by atoms with Crippen LogP contribution in [0.4, 0.5) is 5.69 Å². The summed E-state index contributed by atoms with van der Waals surface area (Å²) in [5, 5.41) is 0. The topological polar surface area (TPSA) is 90.0 Å². The molecule has 134 valence electrons. The Hall–Kier alpha value is -2.70. The van der Waals surface area contributed by atoms with Gasteiger partial charge in [-0.3, -0.25) is 14.5 Å². The van der Waals surface area contributed by atoms with Crippen molar-refractivity contribution < 1.29 is 28.7 Å². The summed E-state index contributed by atoms with van der Waals surface area (Å²) in [6, 6.07) is 5.16. The monoisotopic (exact) mass is 347 g/mol. The Labute approximate surface area is 145 Å². The van der Waals surface area contributed by atoms with Gasteiger partial charge in [0.1, 0.15) is 11.8 Å². The number of esters is 2. The van der Waals surface area contributed by atoms with Gasteiger partial charge < -0.3 is 9.47 Å². The molecule has 25 heavy (non-hydrogen) atoms. The fraction of sp³-hybridized carbons (Fsp3) is 0.444. The molecule has 1 aliphatic rings. The first-order chi connectivity index (χ1) is 11.9. The second-order valence-electron chi connectivity index (χ2n) is 5.65. The molecule has 1 amide bonds. The van der Waals surface area contributed by atoms with Crippen molar-refractivity contribution in [2.75, 3.05) is 18.1 Å². The lowest BCUT2D eigenvalue weighted by molar-refractivity contribution is -0.147. The van der Waals surface area contributed by atoms with E-state index in [9.17, 15) is 19.2 Å². The number of ether oxygens (including phenoxy) is 2. The van der Waals surface area contributed by atoms with Crippen LogP contribution in [0.3, 0.4) is 0 Å². The highest BCUT2D eigenvalue weighted by Gasteiger charge is 2.47. The molecule has 0 N–H and O–H groups in total. The first kappa shape index (κ1) is 18.6. The summed E-state index contributed by atoms with van der Waals surface area (Å²) in [5.41, 5.74) is 0.771. The van der Waals surface area contributed by atoms with E-state index in [0.29, 0.717) is 11.3 Å². The van der Waals surface area contributed by atoms with Crippen molar-refractivity contribution in [3.8, 4) is 0 Å². The average molecular weight is 347 g/mol. The predicted molar refractivity (Wildman–Crippen MR) is 89.1 cm³/mol. The van der Waals surface area contributed by atoms with Gasteiger partial charge in [-0.1, -0.05) is 0 Å². The van der Waals surface area contributed by atoms with E-state index in [4.69, 9.17) is 9.47 Å². The van der Waals surface area contributed by atoms with Gasteiger partial charge >= 0.3 is 11.9 Å². The number of anilines is 1. The van der Waals surface area contributed by atoms with Gasteiger partial charge in [0, 0.05) is 12.1 Å². The van der Waals surface area contributed by atoms with E-state index in [0.717, 1.165) is 0 Å². The molecule has 2 atom stereocenters. The Bertz CT molecular complexity index is 681. The molecule has 1 heterocycles. The maximum atomic E-state index is 12.4. The lowest BCUT2D eigenvalue weighted by Gasteiger charge is -2.25. The quantitative estimate of drug-likeness (QED) is 0.728. The number of hydrogen-bond donors (Lipinski definition) is 0. The van der Waals surface area contributed by atoms with Gasteiger partial charge in [0.05, 0.1) is 24.7 Å². The largest absolute Gasteiger partial charge is 0.464 e. The zero-order valence-electron chi connectivity index (χ0n) is 14.5. The summed E-state index contributed by atoms with van der Waals surface area (Å²) in [6.45, 7) is 5.15. The lowest BCUT2D eigenvalue weighted by Crippen LogP contribution is -2.44. The third-order valence-electron chi connectivity index (χ3n) is 4.03. The number of hydrogen-bond acceptors (Lipinski definition) is 6. The highest BCUT2D eigenvalue weighted by atomic mass is 16.5. The molecule has 0 radical (unpaired) electrons. The Morgan fingerprint density at radius 3 is 2.20 bits per heavy atom. The molecule has 7 heteroatoms. The number of nitrogens with zero attached hydrogens (tertiary/aromatic N) is 1. The minimum Gasteiger partial charge on any atom is -0.464 e. The summed E-state index contributed by atoms with van der Waals surface area (Å²) in [7, 11) is 0. The number of amides is 1. The number of carbonyl (C=O) groups excluding carboxylic acids is 4. The van der Waals surface area contributed by atoms with Crippen LogP contribution < -0.4 is 4.90 Å².